The van der Waals surface area contributed by atoms with Crippen molar-refractivity contribution >= 4 is 17.6 Å². The van der Waals surface area contributed by atoms with Crippen molar-refractivity contribution < 1.29 is 14.3 Å². The first-order valence-electron chi connectivity index (χ1n) is 7.77. The highest BCUT2D eigenvalue weighted by atomic mass is 16.5. The fraction of sp³-hybridized carbons (Fsp3) is 0.500. The lowest BCUT2D eigenvalue weighted by Gasteiger charge is -2.27. The van der Waals surface area contributed by atoms with E-state index < -0.39 is 0 Å². The molecule has 0 saturated carbocycles. The molecule has 2 aliphatic rings. The summed E-state index contributed by atoms with van der Waals surface area (Å²) in [6.45, 7) is 4.00. The Morgan fingerprint density at radius 2 is 1.73 bits per heavy atom. The van der Waals surface area contributed by atoms with Gasteiger partial charge in [0.05, 0.1) is 13.2 Å². The molecule has 1 N–H and O–H groups in total. The second-order valence-electron chi connectivity index (χ2n) is 5.61. The number of nitrogens with zero attached hydrogens (tertiary/aromatic N) is 2. The minimum Gasteiger partial charge on any atom is -0.378 e. The van der Waals surface area contributed by atoms with Crippen LogP contribution in [0.5, 0.6) is 0 Å². The highest BCUT2D eigenvalue weighted by Crippen LogP contribution is 2.16. The van der Waals surface area contributed by atoms with E-state index in [9.17, 15) is 9.59 Å². The van der Waals surface area contributed by atoms with Gasteiger partial charge in [-0.05, 0) is 31.0 Å². The topological polar surface area (TPSA) is 61.9 Å². The minimum absolute atomic E-state index is 0.0134. The normalized spacial score (nSPS) is 18.4. The summed E-state index contributed by atoms with van der Waals surface area (Å²) in [6, 6.07) is 7.04. The largest absolute Gasteiger partial charge is 0.378 e. The number of carbonyl (C=O) groups excluding carboxylic acids is 2. The van der Waals surface area contributed by atoms with Gasteiger partial charge in [0, 0.05) is 37.4 Å². The lowest BCUT2D eigenvalue weighted by Crippen LogP contribution is -2.40. The van der Waals surface area contributed by atoms with Crippen LogP contribution in [-0.2, 0) is 4.74 Å². The molecule has 0 radical (unpaired) electrons. The number of morpholine rings is 1. The van der Waals surface area contributed by atoms with E-state index in [1.165, 1.54) is 0 Å². The Morgan fingerprint density at radius 3 is 2.45 bits per heavy atom. The summed E-state index contributed by atoms with van der Waals surface area (Å²) < 4.78 is 5.26. The smallest absolute Gasteiger partial charge is 0.321 e. The molecule has 3 amide bonds. The number of hydrogen-bond acceptors (Lipinski definition) is 3. The second kappa shape index (κ2) is 6.79. The van der Waals surface area contributed by atoms with Gasteiger partial charge in [-0.2, -0.15) is 0 Å². The fourth-order valence-electron chi connectivity index (χ4n) is 2.80. The molecule has 2 aliphatic heterocycles. The molecule has 6 heteroatoms. The molecule has 0 atom stereocenters. The van der Waals surface area contributed by atoms with Crippen LogP contribution in [0.2, 0.25) is 0 Å². The van der Waals surface area contributed by atoms with Crippen LogP contribution < -0.4 is 5.32 Å². The van der Waals surface area contributed by atoms with Crippen LogP contribution in [0.15, 0.2) is 24.3 Å². The fourth-order valence-corrected chi connectivity index (χ4v) is 2.80. The molecule has 2 heterocycles. The molecule has 1 aromatic rings. The number of amides is 3. The van der Waals surface area contributed by atoms with Gasteiger partial charge in [-0.15, -0.1) is 0 Å². The second-order valence-corrected chi connectivity index (χ2v) is 5.61. The molecule has 0 aliphatic carbocycles. The van der Waals surface area contributed by atoms with Crippen molar-refractivity contribution in [2.45, 2.75) is 12.8 Å². The predicted molar refractivity (Wildman–Crippen MR) is 83.0 cm³/mol. The number of rotatable bonds is 2. The number of carbonyl (C=O) groups is 2. The van der Waals surface area contributed by atoms with E-state index in [1.807, 2.05) is 6.07 Å². The van der Waals surface area contributed by atoms with Crippen molar-refractivity contribution in [1.29, 1.82) is 0 Å². The molecule has 0 aromatic heterocycles. The highest BCUT2D eigenvalue weighted by molar-refractivity contribution is 5.97. The van der Waals surface area contributed by atoms with E-state index >= 15 is 0 Å². The molecule has 2 saturated heterocycles. The molecular formula is C16H21N3O3. The van der Waals surface area contributed by atoms with E-state index in [0.29, 0.717) is 37.6 Å². The molecule has 118 valence electrons. The van der Waals surface area contributed by atoms with Crippen molar-refractivity contribution in [3.63, 3.8) is 0 Å². The molecule has 1 aromatic carbocycles. The van der Waals surface area contributed by atoms with Crippen LogP contribution in [0.4, 0.5) is 10.5 Å². The van der Waals surface area contributed by atoms with Crippen LogP contribution in [-0.4, -0.2) is 61.1 Å². The summed E-state index contributed by atoms with van der Waals surface area (Å²) in [5, 5.41) is 2.87. The Balaban J connectivity index is 1.66. The number of likely N-dealkylation sites (tertiary alicyclic amines) is 1. The molecular weight excluding hydrogens is 282 g/mol. The molecule has 0 unspecified atom stereocenters. The Kier molecular flexibility index (Phi) is 4.58. The number of ether oxygens (including phenoxy) is 1. The van der Waals surface area contributed by atoms with E-state index in [-0.39, 0.29) is 11.9 Å². The van der Waals surface area contributed by atoms with Crippen LogP contribution >= 0.6 is 0 Å². The zero-order valence-corrected chi connectivity index (χ0v) is 12.6. The van der Waals surface area contributed by atoms with Crippen LogP contribution in [0.3, 0.4) is 0 Å². The van der Waals surface area contributed by atoms with Crippen molar-refractivity contribution in [3.05, 3.63) is 29.8 Å². The molecule has 0 bridgehead atoms. The van der Waals surface area contributed by atoms with Crippen molar-refractivity contribution in [2.24, 2.45) is 0 Å². The van der Waals surface area contributed by atoms with Crippen LogP contribution in [0, 0.1) is 0 Å². The average Bonchev–Trinajstić information content (AvgIpc) is 3.10. The summed E-state index contributed by atoms with van der Waals surface area (Å²) in [7, 11) is 0. The molecule has 0 spiro atoms. The number of anilines is 1. The number of urea groups is 1. The SMILES string of the molecule is O=C(Nc1cccc(C(=O)N2CCOCC2)c1)N1CCCC1. The first-order valence-corrected chi connectivity index (χ1v) is 7.77. The van der Waals surface area contributed by atoms with Gasteiger partial charge in [0.15, 0.2) is 0 Å². The van der Waals surface area contributed by atoms with Crippen molar-refractivity contribution in [2.75, 3.05) is 44.7 Å². The zero-order valence-electron chi connectivity index (χ0n) is 12.6. The van der Waals surface area contributed by atoms with Gasteiger partial charge in [-0.3, -0.25) is 4.79 Å². The van der Waals surface area contributed by atoms with Crippen LogP contribution in [0.1, 0.15) is 23.2 Å². The third-order valence-electron chi connectivity index (χ3n) is 4.05. The summed E-state index contributed by atoms with van der Waals surface area (Å²) in [4.78, 5) is 28.1. The van der Waals surface area contributed by atoms with E-state index in [0.717, 1.165) is 25.9 Å². The standard InChI is InChI=1S/C16H21N3O3/c20-15(18-8-10-22-11-9-18)13-4-3-5-14(12-13)17-16(21)19-6-1-2-7-19/h3-5,12H,1-2,6-11H2,(H,17,21). The maximum atomic E-state index is 12.4. The van der Waals surface area contributed by atoms with Gasteiger partial charge in [-0.25, -0.2) is 4.79 Å². The average molecular weight is 303 g/mol. The van der Waals surface area contributed by atoms with Gasteiger partial charge in [0.25, 0.3) is 5.91 Å². The number of nitrogens with one attached hydrogen (secondary N) is 1. The monoisotopic (exact) mass is 303 g/mol. The van der Waals surface area contributed by atoms with Gasteiger partial charge < -0.3 is 19.9 Å². The molecule has 22 heavy (non-hydrogen) atoms. The van der Waals surface area contributed by atoms with Gasteiger partial charge in [0.2, 0.25) is 0 Å². The predicted octanol–water partition coefficient (Wildman–Crippen LogP) is 1.79. The maximum Gasteiger partial charge on any atom is 0.321 e. The summed E-state index contributed by atoms with van der Waals surface area (Å²) in [5.41, 5.74) is 1.26. The zero-order chi connectivity index (χ0) is 15.4. The van der Waals surface area contributed by atoms with E-state index in [1.54, 1.807) is 28.0 Å². The third-order valence-corrected chi connectivity index (χ3v) is 4.05. The first kappa shape index (κ1) is 14.8. The quantitative estimate of drug-likeness (QED) is 0.906. The number of hydrogen-bond donors (Lipinski definition) is 1. The number of benzene rings is 1. The Bertz CT molecular complexity index is 549. The van der Waals surface area contributed by atoms with Gasteiger partial charge in [0.1, 0.15) is 0 Å². The van der Waals surface area contributed by atoms with E-state index in [4.69, 9.17) is 4.74 Å². The maximum absolute atomic E-state index is 12.4. The summed E-state index contributed by atoms with van der Waals surface area (Å²) in [5.74, 6) is -0.0134. The Labute approximate surface area is 130 Å². The molecule has 6 nitrogen and oxygen atoms in total. The van der Waals surface area contributed by atoms with Crippen molar-refractivity contribution in [3.8, 4) is 0 Å². The van der Waals surface area contributed by atoms with Gasteiger partial charge >= 0.3 is 6.03 Å². The van der Waals surface area contributed by atoms with Gasteiger partial charge in [-0.1, -0.05) is 6.07 Å². The first-order chi connectivity index (χ1) is 10.7. The third kappa shape index (κ3) is 3.39. The Morgan fingerprint density at radius 1 is 1.00 bits per heavy atom. The summed E-state index contributed by atoms with van der Waals surface area (Å²) in [6.07, 6.45) is 2.12. The molecule has 3 rings (SSSR count). The van der Waals surface area contributed by atoms with Crippen molar-refractivity contribution in [1.82, 2.24) is 9.80 Å². The van der Waals surface area contributed by atoms with E-state index in [2.05, 4.69) is 5.32 Å². The summed E-state index contributed by atoms with van der Waals surface area (Å²) >= 11 is 0. The lowest BCUT2D eigenvalue weighted by molar-refractivity contribution is 0.0303. The molecule has 2 fully saturated rings. The minimum atomic E-state index is -0.0894. The lowest BCUT2D eigenvalue weighted by atomic mass is 10.1. The Hall–Kier alpha value is -2.08. The highest BCUT2D eigenvalue weighted by Gasteiger charge is 2.20. The van der Waals surface area contributed by atoms with Crippen LogP contribution in [0.25, 0.3) is 0 Å².